The monoisotopic (exact) mass is 489 g/mol. The number of methoxy groups -OCH3 is 1. The fourth-order valence-corrected chi connectivity index (χ4v) is 5.81. The molecule has 1 aromatic heterocycles. The minimum absolute atomic E-state index is 0.000556. The van der Waals surface area contributed by atoms with E-state index in [0.717, 1.165) is 33.2 Å². The minimum Gasteiger partial charge on any atom is -0.497 e. The first-order valence-corrected chi connectivity index (χ1v) is 12.7. The van der Waals surface area contributed by atoms with Gasteiger partial charge in [-0.3, -0.25) is 4.79 Å². The van der Waals surface area contributed by atoms with E-state index in [1.54, 1.807) is 18.9 Å². The van der Waals surface area contributed by atoms with Crippen LogP contribution in [0.25, 0.3) is 11.4 Å². The summed E-state index contributed by atoms with van der Waals surface area (Å²) in [4.78, 5) is 16.6. The van der Waals surface area contributed by atoms with E-state index in [-0.39, 0.29) is 17.7 Å². The molecule has 0 saturated carbocycles. The number of hydrogen-bond acceptors (Lipinski definition) is 7. The number of rotatable bonds is 6. The smallest absolute Gasteiger partial charge is 0.238 e. The molecule has 1 aliphatic heterocycles. The number of nitrogen functional groups attached to an aromatic ring is 1. The molecule has 172 valence electrons. The highest BCUT2D eigenvalue weighted by Crippen LogP contribution is 2.43. The maximum absolute atomic E-state index is 13.6. The van der Waals surface area contributed by atoms with Crippen molar-refractivity contribution in [1.29, 1.82) is 0 Å². The van der Waals surface area contributed by atoms with Crippen LogP contribution < -0.4 is 15.5 Å². The molecular weight excluding hydrogens is 466 g/mol. The molecule has 2 N–H and O–H groups in total. The van der Waals surface area contributed by atoms with Crippen molar-refractivity contribution in [2.45, 2.75) is 16.1 Å². The van der Waals surface area contributed by atoms with E-state index in [1.807, 2.05) is 65.6 Å². The van der Waals surface area contributed by atoms with Gasteiger partial charge in [0.05, 0.1) is 24.6 Å². The number of nitrogens with two attached hydrogens (primary N) is 1. The normalized spacial score (nSPS) is 15.1. The Morgan fingerprint density at radius 2 is 1.79 bits per heavy atom. The fraction of sp³-hybridized carbons (Fsp3) is 0.160. The summed E-state index contributed by atoms with van der Waals surface area (Å²) < 4.78 is 6.63. The Bertz CT molecular complexity index is 1290. The number of ether oxygens (including phenoxy) is 1. The zero-order valence-electron chi connectivity index (χ0n) is 18.5. The van der Waals surface area contributed by atoms with E-state index < -0.39 is 0 Å². The van der Waals surface area contributed by atoms with Gasteiger partial charge >= 0.3 is 0 Å². The first-order chi connectivity index (χ1) is 16.7. The molecule has 1 amide bonds. The van der Waals surface area contributed by atoms with Gasteiger partial charge in [-0.1, -0.05) is 54.2 Å². The number of nitrogens with zero attached hydrogens (tertiary/aromatic N) is 4. The lowest BCUT2D eigenvalue weighted by Gasteiger charge is -2.37. The van der Waals surface area contributed by atoms with Gasteiger partial charge in [-0.15, -0.1) is 22.0 Å². The van der Waals surface area contributed by atoms with Crippen molar-refractivity contribution in [3.63, 3.8) is 0 Å². The van der Waals surface area contributed by atoms with Crippen LogP contribution >= 0.6 is 23.5 Å². The quantitative estimate of drug-likeness (QED) is 0.312. The van der Waals surface area contributed by atoms with Gasteiger partial charge in [0, 0.05) is 16.2 Å². The Morgan fingerprint density at radius 3 is 2.56 bits per heavy atom. The molecular formula is C25H23N5O2S2. The third-order valence-electron chi connectivity index (χ3n) is 5.62. The Labute approximate surface area is 206 Å². The summed E-state index contributed by atoms with van der Waals surface area (Å²) in [6.45, 7) is 0. The predicted molar refractivity (Wildman–Crippen MR) is 137 cm³/mol. The Kier molecular flexibility index (Phi) is 6.46. The Balaban J connectivity index is 1.37. The van der Waals surface area contributed by atoms with Gasteiger partial charge in [0.1, 0.15) is 5.75 Å². The number of benzene rings is 3. The third kappa shape index (κ3) is 4.36. The molecule has 3 aromatic carbocycles. The molecule has 1 aliphatic rings. The van der Waals surface area contributed by atoms with E-state index in [1.165, 1.54) is 16.4 Å². The van der Waals surface area contributed by atoms with E-state index in [0.29, 0.717) is 11.0 Å². The lowest BCUT2D eigenvalue weighted by Crippen LogP contribution is -2.39. The first-order valence-electron chi connectivity index (χ1n) is 10.7. The molecule has 4 aromatic rings. The van der Waals surface area contributed by atoms with E-state index in [2.05, 4.69) is 28.4 Å². The van der Waals surface area contributed by atoms with Crippen molar-refractivity contribution in [3.05, 3.63) is 84.4 Å². The molecule has 5 rings (SSSR count). The number of carbonyl (C=O) groups is 1. The van der Waals surface area contributed by atoms with E-state index >= 15 is 0 Å². The highest BCUT2D eigenvalue weighted by atomic mass is 32.2. The van der Waals surface area contributed by atoms with Crippen LogP contribution in [-0.2, 0) is 4.79 Å². The summed E-state index contributed by atoms with van der Waals surface area (Å²) >= 11 is 3.06. The molecule has 0 aliphatic carbocycles. The second kappa shape index (κ2) is 9.82. The predicted octanol–water partition coefficient (Wildman–Crippen LogP) is 4.64. The number of aromatic nitrogens is 3. The highest BCUT2D eigenvalue weighted by Gasteiger charge is 2.32. The summed E-state index contributed by atoms with van der Waals surface area (Å²) in [7, 11) is 1.62. The number of carbonyl (C=O) groups excluding carboxylic acids is 1. The summed E-state index contributed by atoms with van der Waals surface area (Å²) in [5.74, 6) is 8.55. The van der Waals surface area contributed by atoms with Crippen LogP contribution in [0.3, 0.4) is 0 Å². The summed E-state index contributed by atoms with van der Waals surface area (Å²) in [6, 6.07) is 25.6. The maximum Gasteiger partial charge on any atom is 0.238 e. The summed E-state index contributed by atoms with van der Waals surface area (Å²) in [6.07, 6.45) is 0. The standard InChI is InChI=1S/C25H23N5O2S2/c1-32-19-13-11-18(12-14-19)24-27-28-25(30(24)26)34-16-23(31)29-20-9-5-6-10-22(20)33-15-21(29)17-7-3-2-4-8-17/h2-14,21H,15-16,26H2,1H3/t21-/m0/s1. The summed E-state index contributed by atoms with van der Waals surface area (Å²) in [5.41, 5.74) is 2.87. The SMILES string of the molecule is COc1ccc(-c2nnc(SCC(=O)N3c4ccccc4SC[C@H]3c3ccccc3)n2N)cc1. The van der Waals surface area contributed by atoms with Crippen LogP contribution in [0, 0.1) is 0 Å². The number of thioether (sulfide) groups is 2. The zero-order chi connectivity index (χ0) is 23.5. The molecule has 0 bridgehead atoms. The largest absolute Gasteiger partial charge is 0.497 e. The molecule has 0 spiro atoms. The Hall–Kier alpha value is -3.43. The van der Waals surface area contributed by atoms with Crippen molar-refractivity contribution in [2.75, 3.05) is 29.4 Å². The highest BCUT2D eigenvalue weighted by molar-refractivity contribution is 8.00. The lowest BCUT2D eigenvalue weighted by atomic mass is 10.1. The molecule has 2 heterocycles. The van der Waals surface area contributed by atoms with Crippen molar-refractivity contribution >= 4 is 35.1 Å². The molecule has 0 saturated heterocycles. The van der Waals surface area contributed by atoms with E-state index in [9.17, 15) is 4.79 Å². The molecule has 7 nitrogen and oxygen atoms in total. The molecule has 0 unspecified atom stereocenters. The minimum atomic E-state index is -0.0418. The second-order valence-corrected chi connectivity index (χ2v) is 9.67. The Morgan fingerprint density at radius 1 is 1.06 bits per heavy atom. The van der Waals surface area contributed by atoms with E-state index in [4.69, 9.17) is 10.6 Å². The average molecular weight is 490 g/mol. The molecule has 0 fully saturated rings. The molecule has 1 atom stereocenters. The van der Waals surface area contributed by atoms with Gasteiger partial charge < -0.3 is 15.5 Å². The van der Waals surface area contributed by atoms with Crippen LogP contribution in [0.1, 0.15) is 11.6 Å². The van der Waals surface area contributed by atoms with Crippen LogP contribution in [-0.4, -0.2) is 39.4 Å². The second-order valence-electron chi connectivity index (χ2n) is 7.66. The molecule has 34 heavy (non-hydrogen) atoms. The topological polar surface area (TPSA) is 86.3 Å². The average Bonchev–Trinajstić information content (AvgIpc) is 3.27. The lowest BCUT2D eigenvalue weighted by molar-refractivity contribution is -0.116. The van der Waals surface area contributed by atoms with Gasteiger partial charge in [-0.05, 0) is 42.0 Å². The van der Waals surface area contributed by atoms with Crippen molar-refractivity contribution < 1.29 is 9.53 Å². The molecule has 9 heteroatoms. The van der Waals surface area contributed by atoms with Crippen LogP contribution in [0.5, 0.6) is 5.75 Å². The summed E-state index contributed by atoms with van der Waals surface area (Å²) in [5, 5.41) is 8.93. The maximum atomic E-state index is 13.6. The van der Waals surface area contributed by atoms with Gasteiger partial charge in [-0.25, -0.2) is 4.68 Å². The van der Waals surface area contributed by atoms with Gasteiger partial charge in [0.2, 0.25) is 11.1 Å². The van der Waals surface area contributed by atoms with Gasteiger partial charge in [-0.2, -0.15) is 0 Å². The van der Waals surface area contributed by atoms with Crippen LogP contribution in [0.15, 0.2) is 88.9 Å². The van der Waals surface area contributed by atoms with Crippen LogP contribution in [0.2, 0.25) is 0 Å². The van der Waals surface area contributed by atoms with Crippen molar-refractivity contribution in [3.8, 4) is 17.1 Å². The zero-order valence-corrected chi connectivity index (χ0v) is 20.1. The molecule has 0 radical (unpaired) electrons. The number of anilines is 1. The fourth-order valence-electron chi connectivity index (χ4n) is 3.93. The third-order valence-corrected chi connectivity index (χ3v) is 7.69. The number of fused-ring (bicyclic) bond motifs is 1. The van der Waals surface area contributed by atoms with Gasteiger partial charge in [0.25, 0.3) is 0 Å². The first kappa shape index (κ1) is 22.4. The van der Waals surface area contributed by atoms with Crippen LogP contribution in [0.4, 0.5) is 5.69 Å². The van der Waals surface area contributed by atoms with Gasteiger partial charge in [0.15, 0.2) is 5.82 Å². The number of amides is 1. The van der Waals surface area contributed by atoms with Crippen molar-refractivity contribution in [1.82, 2.24) is 14.9 Å². The number of para-hydroxylation sites is 1. The number of hydrogen-bond donors (Lipinski definition) is 1. The van der Waals surface area contributed by atoms with Crippen molar-refractivity contribution in [2.24, 2.45) is 0 Å².